The van der Waals surface area contributed by atoms with Crippen molar-refractivity contribution in [3.63, 3.8) is 0 Å². The number of hydrogen-bond acceptors (Lipinski definition) is 4. The van der Waals surface area contributed by atoms with E-state index in [0.29, 0.717) is 12.2 Å². The van der Waals surface area contributed by atoms with Gasteiger partial charge in [0.1, 0.15) is 12.8 Å². The summed E-state index contributed by atoms with van der Waals surface area (Å²) in [5, 5.41) is 9.28. The number of fused-ring (bicyclic) bond motifs is 3. The van der Waals surface area contributed by atoms with Crippen LogP contribution >= 0.6 is 0 Å². The Kier molecular flexibility index (Phi) is 3.58. The molecular formula is C20H18N4O2. The predicted octanol–water partition coefficient (Wildman–Crippen LogP) is 2.89. The smallest absolute Gasteiger partial charge is 0.278 e. The number of hydroxylamine groups is 2. The number of hydrogen-bond donors (Lipinski definition) is 1. The number of rotatable bonds is 2. The summed E-state index contributed by atoms with van der Waals surface area (Å²) in [6.45, 7) is 1.23. The molecule has 0 spiro atoms. The van der Waals surface area contributed by atoms with Gasteiger partial charge in [-0.15, -0.1) is 0 Å². The maximum Gasteiger partial charge on any atom is 0.278 e. The lowest BCUT2D eigenvalue weighted by atomic mass is 9.96. The van der Waals surface area contributed by atoms with E-state index in [0.717, 1.165) is 17.4 Å². The average molecular weight is 346 g/mol. The third kappa shape index (κ3) is 2.51. The molecule has 2 aliphatic heterocycles. The number of amides is 1. The van der Waals surface area contributed by atoms with Gasteiger partial charge in [0, 0.05) is 17.5 Å². The first-order chi connectivity index (χ1) is 12.8. The van der Waals surface area contributed by atoms with Crippen LogP contribution in [0.1, 0.15) is 22.0 Å². The Morgan fingerprint density at radius 3 is 2.92 bits per heavy atom. The van der Waals surface area contributed by atoms with Gasteiger partial charge in [0.2, 0.25) is 0 Å². The van der Waals surface area contributed by atoms with Gasteiger partial charge in [0.15, 0.2) is 0 Å². The van der Waals surface area contributed by atoms with E-state index in [4.69, 9.17) is 4.84 Å². The molecule has 5 rings (SSSR count). The molecule has 2 aliphatic rings. The standard InChI is InChI=1S/C20H18N4O2/c25-20(15-8-9-17-16(11-15)12-21-22-17)24-13-23-10-4-7-18(26-24)19(23)14-5-2-1-3-6-14/h1-9,11-12,18-19H,10,13H2,(H,21,22). The second-order valence-electron chi connectivity index (χ2n) is 6.62. The number of carbonyl (C=O) groups is 1. The number of aromatic amines is 1. The number of nitrogens with zero attached hydrogens (tertiary/aromatic N) is 3. The number of H-pyrrole nitrogens is 1. The summed E-state index contributed by atoms with van der Waals surface area (Å²) >= 11 is 0. The fourth-order valence-corrected chi connectivity index (χ4v) is 3.72. The van der Waals surface area contributed by atoms with E-state index in [1.807, 2.05) is 36.4 Å². The van der Waals surface area contributed by atoms with Crippen molar-refractivity contribution in [3.8, 4) is 0 Å². The fraction of sp³-hybridized carbons (Fsp3) is 0.200. The molecule has 3 heterocycles. The van der Waals surface area contributed by atoms with Crippen molar-refractivity contribution in [3.05, 3.63) is 78.0 Å². The van der Waals surface area contributed by atoms with E-state index in [-0.39, 0.29) is 18.1 Å². The SMILES string of the molecule is O=C(c1ccc2[nH]ncc2c1)N1CN2CC=CC(O1)C2c1ccccc1. The topological polar surface area (TPSA) is 61.5 Å². The van der Waals surface area contributed by atoms with Crippen molar-refractivity contribution >= 4 is 16.8 Å². The minimum atomic E-state index is -0.179. The monoisotopic (exact) mass is 346 g/mol. The van der Waals surface area contributed by atoms with E-state index in [1.165, 1.54) is 10.6 Å². The molecule has 2 aromatic carbocycles. The maximum absolute atomic E-state index is 13.0. The summed E-state index contributed by atoms with van der Waals surface area (Å²) in [5.74, 6) is -0.134. The summed E-state index contributed by atoms with van der Waals surface area (Å²) < 4.78 is 0. The van der Waals surface area contributed by atoms with E-state index in [9.17, 15) is 4.79 Å². The first kappa shape index (κ1) is 15.3. The molecule has 1 fully saturated rings. The Hall–Kier alpha value is -2.96. The van der Waals surface area contributed by atoms with Crippen LogP contribution < -0.4 is 0 Å². The van der Waals surface area contributed by atoms with Gasteiger partial charge < -0.3 is 0 Å². The number of aromatic nitrogens is 2. The minimum absolute atomic E-state index is 0.126. The van der Waals surface area contributed by atoms with Gasteiger partial charge >= 0.3 is 0 Å². The van der Waals surface area contributed by atoms with Crippen molar-refractivity contribution in [2.45, 2.75) is 12.1 Å². The van der Waals surface area contributed by atoms with Crippen molar-refractivity contribution in [1.29, 1.82) is 0 Å². The largest absolute Gasteiger partial charge is 0.278 e. The van der Waals surface area contributed by atoms with Gasteiger partial charge in [-0.05, 0) is 23.8 Å². The first-order valence-corrected chi connectivity index (χ1v) is 8.67. The minimum Gasteiger partial charge on any atom is -0.278 e. The van der Waals surface area contributed by atoms with Crippen molar-refractivity contribution in [2.24, 2.45) is 0 Å². The van der Waals surface area contributed by atoms with Gasteiger partial charge in [-0.2, -0.15) is 5.10 Å². The molecule has 1 aromatic heterocycles. The molecule has 1 amide bonds. The molecule has 1 N–H and O–H groups in total. The Bertz CT molecular complexity index is 982. The van der Waals surface area contributed by atoms with Gasteiger partial charge in [-0.1, -0.05) is 42.5 Å². The molecule has 0 radical (unpaired) electrons. The zero-order valence-electron chi connectivity index (χ0n) is 14.1. The average Bonchev–Trinajstić information content (AvgIpc) is 3.15. The van der Waals surface area contributed by atoms with Crippen LogP contribution in [-0.4, -0.2) is 45.4 Å². The van der Waals surface area contributed by atoms with Gasteiger partial charge in [-0.25, -0.2) is 5.06 Å². The molecule has 3 aromatic rings. The molecule has 0 saturated carbocycles. The van der Waals surface area contributed by atoms with Crippen molar-refractivity contribution in [1.82, 2.24) is 20.2 Å². The van der Waals surface area contributed by atoms with Gasteiger partial charge in [0.05, 0.1) is 17.8 Å². The number of nitrogens with one attached hydrogen (secondary N) is 1. The molecule has 0 aliphatic carbocycles. The van der Waals surface area contributed by atoms with Crippen LogP contribution in [0.25, 0.3) is 10.9 Å². The molecular weight excluding hydrogens is 328 g/mol. The van der Waals surface area contributed by atoms with Gasteiger partial charge in [0.25, 0.3) is 5.91 Å². The normalized spacial score (nSPS) is 24.8. The summed E-state index contributed by atoms with van der Waals surface area (Å²) in [6, 6.07) is 15.9. The summed E-state index contributed by atoms with van der Waals surface area (Å²) in [7, 11) is 0. The number of benzene rings is 2. The Morgan fingerprint density at radius 1 is 1.19 bits per heavy atom. The third-order valence-corrected chi connectivity index (χ3v) is 4.98. The molecule has 6 heteroatoms. The molecule has 6 nitrogen and oxygen atoms in total. The highest BCUT2D eigenvalue weighted by Gasteiger charge is 2.39. The lowest BCUT2D eigenvalue weighted by Gasteiger charge is -2.46. The Labute approximate surface area is 150 Å². The predicted molar refractivity (Wildman–Crippen MR) is 97.0 cm³/mol. The Morgan fingerprint density at radius 2 is 2.08 bits per heavy atom. The molecule has 3 unspecified atom stereocenters. The number of carbonyl (C=O) groups excluding carboxylic acids is 1. The Balaban J connectivity index is 1.42. The molecule has 26 heavy (non-hydrogen) atoms. The van der Waals surface area contributed by atoms with Crippen molar-refractivity contribution < 1.29 is 9.63 Å². The van der Waals surface area contributed by atoms with E-state index in [1.54, 1.807) is 12.3 Å². The molecule has 130 valence electrons. The first-order valence-electron chi connectivity index (χ1n) is 8.67. The molecule has 3 atom stereocenters. The van der Waals surface area contributed by atoms with E-state index >= 15 is 0 Å². The van der Waals surface area contributed by atoms with E-state index < -0.39 is 0 Å². The summed E-state index contributed by atoms with van der Waals surface area (Å²) in [6.07, 6.45) is 5.69. The summed E-state index contributed by atoms with van der Waals surface area (Å²) in [5.41, 5.74) is 2.71. The van der Waals surface area contributed by atoms with Crippen LogP contribution in [0.2, 0.25) is 0 Å². The zero-order valence-corrected chi connectivity index (χ0v) is 14.1. The second kappa shape index (κ2) is 6.09. The van der Waals surface area contributed by atoms with Crippen LogP contribution in [0.5, 0.6) is 0 Å². The van der Waals surface area contributed by atoms with E-state index in [2.05, 4.69) is 33.3 Å². The highest BCUT2D eigenvalue weighted by molar-refractivity contribution is 5.97. The summed E-state index contributed by atoms with van der Waals surface area (Å²) in [4.78, 5) is 21.3. The van der Waals surface area contributed by atoms with Crippen LogP contribution in [0, 0.1) is 0 Å². The highest BCUT2D eigenvalue weighted by atomic mass is 16.7. The van der Waals surface area contributed by atoms with Crippen LogP contribution in [0.15, 0.2) is 66.9 Å². The second-order valence-corrected chi connectivity index (χ2v) is 6.62. The molecule has 2 bridgehead atoms. The third-order valence-electron chi connectivity index (χ3n) is 4.98. The lowest BCUT2D eigenvalue weighted by Crippen LogP contribution is -2.55. The van der Waals surface area contributed by atoms with Crippen LogP contribution in [-0.2, 0) is 4.84 Å². The zero-order chi connectivity index (χ0) is 17.5. The molecule has 1 saturated heterocycles. The van der Waals surface area contributed by atoms with Crippen molar-refractivity contribution in [2.75, 3.05) is 13.2 Å². The fourth-order valence-electron chi connectivity index (χ4n) is 3.72. The van der Waals surface area contributed by atoms with Gasteiger partial charge in [-0.3, -0.25) is 19.6 Å². The highest BCUT2D eigenvalue weighted by Crippen LogP contribution is 2.34. The lowest BCUT2D eigenvalue weighted by molar-refractivity contribution is -0.232. The van der Waals surface area contributed by atoms with Crippen LogP contribution in [0.4, 0.5) is 0 Å². The quantitative estimate of drug-likeness (QED) is 0.725. The maximum atomic E-state index is 13.0. The van der Waals surface area contributed by atoms with Crippen LogP contribution in [0.3, 0.4) is 0 Å².